The van der Waals surface area contributed by atoms with Gasteiger partial charge in [0.05, 0.1) is 4.47 Å². The van der Waals surface area contributed by atoms with Gasteiger partial charge >= 0.3 is 11.8 Å². The van der Waals surface area contributed by atoms with E-state index in [0.29, 0.717) is 17.3 Å². The molecule has 1 aromatic rings. The summed E-state index contributed by atoms with van der Waals surface area (Å²) in [7, 11) is 0. The number of amides is 3. The van der Waals surface area contributed by atoms with Gasteiger partial charge in [-0.3, -0.25) is 14.4 Å². The van der Waals surface area contributed by atoms with Crippen LogP contribution in [-0.2, 0) is 20.9 Å². The first-order valence-corrected chi connectivity index (χ1v) is 7.58. The molecule has 1 atom stereocenters. The van der Waals surface area contributed by atoms with Crippen molar-refractivity contribution in [2.75, 3.05) is 6.54 Å². The van der Waals surface area contributed by atoms with E-state index in [4.69, 9.17) is 0 Å². The van der Waals surface area contributed by atoms with Gasteiger partial charge in [-0.1, -0.05) is 6.07 Å². The molecule has 0 saturated carbocycles. The molecule has 22 heavy (non-hydrogen) atoms. The molecule has 1 heterocycles. The fraction of sp³-hybridized carbons (Fsp3) is 0.357. The molecule has 8 heteroatoms. The Morgan fingerprint density at radius 2 is 2.05 bits per heavy atom. The Kier molecular flexibility index (Phi) is 5.37. The van der Waals surface area contributed by atoms with E-state index < -0.39 is 11.8 Å². The number of rotatable bonds is 4. The van der Waals surface area contributed by atoms with E-state index in [1.54, 1.807) is 12.1 Å². The number of hydrogen-bond acceptors (Lipinski definition) is 4. The molecule has 0 aromatic heterocycles. The lowest BCUT2D eigenvalue weighted by molar-refractivity contribution is -0.139. The van der Waals surface area contributed by atoms with E-state index in [0.717, 1.165) is 5.56 Å². The van der Waals surface area contributed by atoms with Crippen LogP contribution >= 0.6 is 15.9 Å². The smallest absolute Gasteiger partial charge is 0.309 e. The third kappa shape index (κ3) is 4.45. The zero-order valence-electron chi connectivity index (χ0n) is 11.7. The Morgan fingerprint density at radius 3 is 2.68 bits per heavy atom. The van der Waals surface area contributed by atoms with Gasteiger partial charge in [0, 0.05) is 25.6 Å². The molecule has 1 fully saturated rings. The van der Waals surface area contributed by atoms with Crippen LogP contribution in [0.3, 0.4) is 0 Å². The molecule has 0 aliphatic carbocycles. The van der Waals surface area contributed by atoms with Crippen molar-refractivity contribution in [3.63, 3.8) is 0 Å². The molecular weight excluding hydrogens is 354 g/mol. The molecular formula is C14H16BrN3O4. The van der Waals surface area contributed by atoms with Gasteiger partial charge in [-0.05, 0) is 40.0 Å². The summed E-state index contributed by atoms with van der Waals surface area (Å²) in [5, 5.41) is 17.1. The Morgan fingerprint density at radius 1 is 1.32 bits per heavy atom. The molecule has 118 valence electrons. The zero-order valence-corrected chi connectivity index (χ0v) is 13.3. The predicted octanol–water partition coefficient (Wildman–Crippen LogP) is 0.166. The number of benzene rings is 1. The number of phenols is 1. The van der Waals surface area contributed by atoms with Gasteiger partial charge in [-0.2, -0.15) is 0 Å². The van der Waals surface area contributed by atoms with E-state index in [2.05, 4.69) is 31.9 Å². The van der Waals surface area contributed by atoms with Gasteiger partial charge in [0.15, 0.2) is 0 Å². The lowest BCUT2D eigenvalue weighted by Crippen LogP contribution is -2.44. The summed E-state index contributed by atoms with van der Waals surface area (Å²) in [4.78, 5) is 34.3. The number of nitrogens with one attached hydrogen (secondary N) is 3. The predicted molar refractivity (Wildman–Crippen MR) is 81.8 cm³/mol. The largest absolute Gasteiger partial charge is 0.507 e. The summed E-state index contributed by atoms with van der Waals surface area (Å²) in [5.74, 6) is -1.42. The number of phenolic OH excluding ortho intramolecular Hbond substituents is 1. The summed E-state index contributed by atoms with van der Waals surface area (Å²) in [6.07, 6.45) is 1.10. The Labute approximate surface area is 135 Å². The molecule has 0 radical (unpaired) electrons. The highest BCUT2D eigenvalue weighted by molar-refractivity contribution is 9.10. The topological polar surface area (TPSA) is 108 Å². The van der Waals surface area contributed by atoms with E-state index in [1.165, 1.54) is 6.07 Å². The summed E-state index contributed by atoms with van der Waals surface area (Å²) < 4.78 is 0.515. The van der Waals surface area contributed by atoms with Gasteiger partial charge < -0.3 is 21.1 Å². The second-order valence-electron chi connectivity index (χ2n) is 4.98. The first kappa shape index (κ1) is 16.3. The lowest BCUT2D eigenvalue weighted by atomic mass is 10.2. The van der Waals surface area contributed by atoms with Gasteiger partial charge in [-0.25, -0.2) is 0 Å². The average molecular weight is 370 g/mol. The summed E-state index contributed by atoms with van der Waals surface area (Å²) in [5.41, 5.74) is 0.744. The molecule has 0 bridgehead atoms. The summed E-state index contributed by atoms with van der Waals surface area (Å²) in [6, 6.07) is 4.68. The minimum absolute atomic E-state index is 0.0402. The van der Waals surface area contributed by atoms with Crippen LogP contribution in [-0.4, -0.2) is 35.4 Å². The van der Waals surface area contributed by atoms with Crippen LogP contribution < -0.4 is 16.0 Å². The molecule has 7 nitrogen and oxygen atoms in total. The highest BCUT2D eigenvalue weighted by Crippen LogP contribution is 2.24. The average Bonchev–Trinajstić information content (AvgIpc) is 2.91. The molecule has 1 aliphatic heterocycles. The highest BCUT2D eigenvalue weighted by Gasteiger charge is 2.22. The van der Waals surface area contributed by atoms with Crippen LogP contribution in [0.1, 0.15) is 18.4 Å². The van der Waals surface area contributed by atoms with Crippen LogP contribution in [0, 0.1) is 0 Å². The second-order valence-corrected chi connectivity index (χ2v) is 5.84. The molecule has 0 spiro atoms. The van der Waals surface area contributed by atoms with Crippen molar-refractivity contribution in [1.29, 1.82) is 0 Å². The van der Waals surface area contributed by atoms with Crippen molar-refractivity contribution in [1.82, 2.24) is 16.0 Å². The van der Waals surface area contributed by atoms with E-state index in [1.807, 2.05) is 0 Å². The summed E-state index contributed by atoms with van der Waals surface area (Å²) >= 11 is 3.17. The Hall–Kier alpha value is -2.09. The molecule has 0 unspecified atom stereocenters. The van der Waals surface area contributed by atoms with Crippen molar-refractivity contribution in [2.45, 2.75) is 25.4 Å². The number of halogens is 1. The molecule has 1 aliphatic rings. The number of carbonyl (C=O) groups excluding carboxylic acids is 3. The Bertz CT molecular complexity index is 606. The molecule has 1 saturated heterocycles. The molecule has 3 amide bonds. The fourth-order valence-electron chi connectivity index (χ4n) is 2.05. The van der Waals surface area contributed by atoms with Crippen molar-refractivity contribution in [2.24, 2.45) is 0 Å². The maximum absolute atomic E-state index is 11.7. The minimum Gasteiger partial charge on any atom is -0.507 e. The van der Waals surface area contributed by atoms with Crippen molar-refractivity contribution in [3.05, 3.63) is 28.2 Å². The van der Waals surface area contributed by atoms with Gasteiger partial charge in [0.2, 0.25) is 5.91 Å². The van der Waals surface area contributed by atoms with Gasteiger partial charge in [0.25, 0.3) is 0 Å². The number of carbonyl (C=O) groups is 3. The van der Waals surface area contributed by atoms with Crippen LogP contribution in [0.25, 0.3) is 0 Å². The first-order chi connectivity index (χ1) is 10.5. The standard InChI is InChI=1S/C14H16BrN3O4/c15-10-5-8(1-3-11(10)19)6-16-13(21)14(22)17-7-9-2-4-12(20)18-9/h1,3,5,9,19H,2,4,6-7H2,(H,16,21)(H,17,22)(H,18,20)/t9-/m1/s1. The van der Waals surface area contributed by atoms with Crippen molar-refractivity contribution in [3.8, 4) is 5.75 Å². The highest BCUT2D eigenvalue weighted by atomic mass is 79.9. The molecule has 1 aromatic carbocycles. The van der Waals surface area contributed by atoms with Crippen molar-refractivity contribution >= 4 is 33.7 Å². The van der Waals surface area contributed by atoms with Gasteiger partial charge in [-0.15, -0.1) is 0 Å². The number of aromatic hydroxyl groups is 1. The SMILES string of the molecule is O=C1CC[C@H](CNC(=O)C(=O)NCc2ccc(O)c(Br)c2)N1. The van der Waals surface area contributed by atoms with Crippen molar-refractivity contribution < 1.29 is 19.5 Å². The molecule has 2 rings (SSSR count). The number of hydrogen-bond donors (Lipinski definition) is 4. The van der Waals surface area contributed by atoms with Crippen LogP contribution in [0.4, 0.5) is 0 Å². The van der Waals surface area contributed by atoms with Crippen LogP contribution in [0.15, 0.2) is 22.7 Å². The normalized spacial score (nSPS) is 17.0. The van der Waals surface area contributed by atoms with Crippen LogP contribution in [0.2, 0.25) is 0 Å². The second kappa shape index (κ2) is 7.26. The fourth-order valence-corrected chi connectivity index (χ4v) is 2.48. The third-order valence-corrected chi connectivity index (χ3v) is 3.90. The maximum Gasteiger partial charge on any atom is 0.309 e. The summed E-state index contributed by atoms with van der Waals surface area (Å²) in [6.45, 7) is 0.411. The van der Waals surface area contributed by atoms with E-state index in [-0.39, 0.29) is 30.8 Å². The van der Waals surface area contributed by atoms with Crippen LogP contribution in [0.5, 0.6) is 5.75 Å². The Balaban J connectivity index is 1.75. The molecule has 4 N–H and O–H groups in total. The minimum atomic E-state index is -0.742. The third-order valence-electron chi connectivity index (χ3n) is 3.27. The van der Waals surface area contributed by atoms with E-state index in [9.17, 15) is 19.5 Å². The first-order valence-electron chi connectivity index (χ1n) is 6.78. The monoisotopic (exact) mass is 369 g/mol. The van der Waals surface area contributed by atoms with Gasteiger partial charge in [0.1, 0.15) is 5.75 Å². The quantitative estimate of drug-likeness (QED) is 0.567. The lowest BCUT2D eigenvalue weighted by Gasteiger charge is -2.11. The maximum atomic E-state index is 11.7. The van der Waals surface area contributed by atoms with E-state index >= 15 is 0 Å². The zero-order chi connectivity index (χ0) is 16.1.